The summed E-state index contributed by atoms with van der Waals surface area (Å²) in [6.45, 7) is 0.0580. The summed E-state index contributed by atoms with van der Waals surface area (Å²) in [7, 11) is -3.63. The monoisotopic (exact) mass is 280 g/mol. The number of carbonyl (C=O) groups is 1. The Kier molecular flexibility index (Phi) is 3.63. The normalized spacial score (nSPS) is 11.4. The molecule has 0 spiro atoms. The Bertz CT molecular complexity index is 680. The average Bonchev–Trinajstić information content (AvgIpc) is 2.91. The van der Waals surface area contributed by atoms with Crippen LogP contribution in [0.15, 0.2) is 41.6 Å². The lowest BCUT2D eigenvalue weighted by Gasteiger charge is -2.05. The minimum Gasteiger partial charge on any atom is -0.366 e. The number of hydrogen-bond donors (Lipinski definition) is 3. The van der Waals surface area contributed by atoms with Crippen molar-refractivity contribution in [3.8, 4) is 0 Å². The second-order valence-electron chi connectivity index (χ2n) is 3.81. The van der Waals surface area contributed by atoms with E-state index in [2.05, 4.69) is 14.9 Å². The summed E-state index contributed by atoms with van der Waals surface area (Å²) in [4.78, 5) is 11.0. The molecule has 4 N–H and O–H groups in total. The molecule has 19 heavy (non-hydrogen) atoms. The highest BCUT2D eigenvalue weighted by molar-refractivity contribution is 7.89. The molecule has 0 aliphatic carbocycles. The van der Waals surface area contributed by atoms with E-state index in [0.29, 0.717) is 11.1 Å². The number of nitrogens with two attached hydrogens (primary N) is 1. The van der Waals surface area contributed by atoms with Crippen molar-refractivity contribution in [3.63, 3.8) is 0 Å². The first-order valence-electron chi connectivity index (χ1n) is 5.37. The van der Waals surface area contributed by atoms with Crippen molar-refractivity contribution < 1.29 is 13.2 Å². The first-order valence-corrected chi connectivity index (χ1v) is 6.85. The van der Waals surface area contributed by atoms with Crippen molar-refractivity contribution >= 4 is 15.9 Å². The van der Waals surface area contributed by atoms with Crippen molar-refractivity contribution in [3.05, 3.63) is 47.7 Å². The third kappa shape index (κ3) is 3.18. The molecule has 1 aromatic heterocycles. The van der Waals surface area contributed by atoms with E-state index >= 15 is 0 Å². The zero-order valence-corrected chi connectivity index (χ0v) is 10.6. The first-order chi connectivity index (χ1) is 8.99. The minimum atomic E-state index is -3.63. The second kappa shape index (κ2) is 5.21. The van der Waals surface area contributed by atoms with Gasteiger partial charge < -0.3 is 5.73 Å². The van der Waals surface area contributed by atoms with E-state index in [1.807, 2.05) is 0 Å². The third-order valence-electron chi connectivity index (χ3n) is 2.44. The van der Waals surface area contributed by atoms with E-state index in [1.165, 1.54) is 18.3 Å². The highest BCUT2D eigenvalue weighted by atomic mass is 32.2. The van der Waals surface area contributed by atoms with Gasteiger partial charge in [-0.3, -0.25) is 9.89 Å². The zero-order chi connectivity index (χ0) is 13.9. The lowest BCUT2D eigenvalue weighted by Crippen LogP contribution is -2.23. The molecule has 2 rings (SSSR count). The van der Waals surface area contributed by atoms with Crippen LogP contribution in [0.25, 0.3) is 0 Å². The number of hydrogen-bond acceptors (Lipinski definition) is 4. The predicted octanol–water partition coefficient (Wildman–Crippen LogP) is -0.0129. The molecule has 2 aromatic rings. The first kappa shape index (κ1) is 13.2. The fourth-order valence-corrected chi connectivity index (χ4v) is 2.41. The molecule has 0 aliphatic heterocycles. The van der Waals surface area contributed by atoms with Gasteiger partial charge in [0, 0.05) is 12.1 Å². The van der Waals surface area contributed by atoms with E-state index < -0.39 is 15.9 Å². The molecule has 0 bridgehead atoms. The van der Waals surface area contributed by atoms with Crippen molar-refractivity contribution in [1.29, 1.82) is 0 Å². The number of rotatable bonds is 5. The number of benzene rings is 1. The quantitative estimate of drug-likeness (QED) is 0.713. The molecule has 1 heterocycles. The fraction of sp³-hybridized carbons (Fsp3) is 0.0909. The van der Waals surface area contributed by atoms with Crippen LogP contribution in [0, 0.1) is 0 Å². The number of H-pyrrole nitrogens is 1. The Hall–Kier alpha value is -2.19. The number of carbonyl (C=O) groups excluding carboxylic acids is 1. The van der Waals surface area contributed by atoms with Crippen LogP contribution in [-0.4, -0.2) is 24.5 Å². The van der Waals surface area contributed by atoms with E-state index in [9.17, 15) is 13.2 Å². The van der Waals surface area contributed by atoms with Gasteiger partial charge in [0.1, 0.15) is 0 Å². The maximum atomic E-state index is 11.8. The Morgan fingerprint density at radius 3 is 2.79 bits per heavy atom. The van der Waals surface area contributed by atoms with Gasteiger partial charge in [-0.1, -0.05) is 12.1 Å². The smallest absolute Gasteiger partial charge is 0.257 e. The highest BCUT2D eigenvalue weighted by Crippen LogP contribution is 2.07. The van der Waals surface area contributed by atoms with Crippen LogP contribution < -0.4 is 10.5 Å². The molecule has 100 valence electrons. The highest BCUT2D eigenvalue weighted by Gasteiger charge is 2.14. The number of primary amides is 1. The predicted molar refractivity (Wildman–Crippen MR) is 67.6 cm³/mol. The number of aromatic nitrogens is 2. The topological polar surface area (TPSA) is 118 Å². The fourth-order valence-electron chi connectivity index (χ4n) is 1.48. The standard InChI is InChI=1S/C11H12N4O3S/c12-11(16)9-3-1-2-8(6-9)7-14-19(17,18)10-4-5-13-15-10/h1-6,14H,7H2,(H2,12,16)(H,13,15). The van der Waals surface area contributed by atoms with Crippen molar-refractivity contribution in [2.45, 2.75) is 11.6 Å². The molecule has 0 fully saturated rings. The largest absolute Gasteiger partial charge is 0.366 e. The molecule has 0 aliphatic rings. The van der Waals surface area contributed by atoms with Crippen LogP contribution in [0.5, 0.6) is 0 Å². The van der Waals surface area contributed by atoms with Crippen LogP contribution in [0.4, 0.5) is 0 Å². The Morgan fingerprint density at radius 1 is 1.37 bits per heavy atom. The summed E-state index contributed by atoms with van der Waals surface area (Å²) < 4.78 is 26.0. The van der Waals surface area contributed by atoms with Gasteiger partial charge in [-0.2, -0.15) is 5.10 Å². The number of nitrogens with one attached hydrogen (secondary N) is 2. The van der Waals surface area contributed by atoms with Crippen LogP contribution >= 0.6 is 0 Å². The lowest BCUT2D eigenvalue weighted by atomic mass is 10.1. The van der Waals surface area contributed by atoms with Crippen LogP contribution in [0.2, 0.25) is 0 Å². The van der Waals surface area contributed by atoms with Crippen molar-refractivity contribution in [2.75, 3.05) is 0 Å². The van der Waals surface area contributed by atoms with Gasteiger partial charge in [0.2, 0.25) is 5.91 Å². The summed E-state index contributed by atoms with van der Waals surface area (Å²) in [6.07, 6.45) is 1.35. The molecule has 8 heteroatoms. The van der Waals surface area contributed by atoms with Gasteiger partial charge in [0.25, 0.3) is 10.0 Å². The van der Waals surface area contributed by atoms with Crippen molar-refractivity contribution in [1.82, 2.24) is 14.9 Å². The number of aromatic amines is 1. The summed E-state index contributed by atoms with van der Waals surface area (Å²) in [5.41, 5.74) is 6.12. The van der Waals surface area contributed by atoms with Gasteiger partial charge in [-0.25, -0.2) is 13.1 Å². The Balaban J connectivity index is 2.11. The lowest BCUT2D eigenvalue weighted by molar-refractivity contribution is 0.1000. The molecular formula is C11H12N4O3S. The van der Waals surface area contributed by atoms with Gasteiger partial charge >= 0.3 is 0 Å². The number of sulfonamides is 1. The summed E-state index contributed by atoms with van der Waals surface area (Å²) in [5.74, 6) is -0.557. The van der Waals surface area contributed by atoms with Gasteiger partial charge in [0.15, 0.2) is 5.03 Å². The van der Waals surface area contributed by atoms with Gasteiger partial charge in [-0.15, -0.1) is 0 Å². The molecule has 0 saturated heterocycles. The summed E-state index contributed by atoms with van der Waals surface area (Å²) in [5, 5.41) is 5.93. The molecular weight excluding hydrogens is 268 g/mol. The Labute approximate surface area is 109 Å². The van der Waals surface area contributed by atoms with E-state index in [4.69, 9.17) is 5.73 Å². The molecule has 0 saturated carbocycles. The van der Waals surface area contributed by atoms with Crippen LogP contribution in [-0.2, 0) is 16.6 Å². The minimum absolute atomic E-state index is 0.0152. The molecule has 1 amide bonds. The summed E-state index contributed by atoms with van der Waals surface area (Å²) >= 11 is 0. The molecule has 7 nitrogen and oxygen atoms in total. The molecule has 1 aromatic carbocycles. The van der Waals surface area contributed by atoms with Gasteiger partial charge in [-0.05, 0) is 23.8 Å². The maximum Gasteiger partial charge on any atom is 0.257 e. The van der Waals surface area contributed by atoms with E-state index in [-0.39, 0.29) is 11.6 Å². The van der Waals surface area contributed by atoms with Crippen molar-refractivity contribution in [2.24, 2.45) is 5.73 Å². The summed E-state index contributed by atoms with van der Waals surface area (Å²) in [6, 6.07) is 7.79. The second-order valence-corrected chi connectivity index (χ2v) is 5.55. The molecule has 0 unspecified atom stereocenters. The molecule has 0 atom stereocenters. The third-order valence-corrected chi connectivity index (χ3v) is 3.77. The van der Waals surface area contributed by atoms with Gasteiger partial charge in [0.05, 0.1) is 6.20 Å². The zero-order valence-electron chi connectivity index (χ0n) is 9.83. The SMILES string of the molecule is NC(=O)c1cccc(CNS(=O)(=O)c2ccn[nH]2)c1. The van der Waals surface area contributed by atoms with E-state index in [1.54, 1.807) is 18.2 Å². The number of amides is 1. The number of nitrogens with zero attached hydrogens (tertiary/aromatic N) is 1. The maximum absolute atomic E-state index is 11.8. The van der Waals surface area contributed by atoms with Crippen LogP contribution in [0.1, 0.15) is 15.9 Å². The van der Waals surface area contributed by atoms with Crippen LogP contribution in [0.3, 0.4) is 0 Å². The molecule has 0 radical (unpaired) electrons. The van der Waals surface area contributed by atoms with E-state index in [0.717, 1.165) is 0 Å². The average molecular weight is 280 g/mol. The Morgan fingerprint density at radius 2 is 2.16 bits per heavy atom.